The van der Waals surface area contributed by atoms with Crippen LogP contribution in [0.2, 0.25) is 9.36 Å². The van der Waals surface area contributed by atoms with Gasteiger partial charge in [0.25, 0.3) is 5.91 Å². The topological polar surface area (TPSA) is 53.1 Å². The minimum atomic E-state index is -0.440. The van der Waals surface area contributed by atoms with Crippen LogP contribution < -0.4 is 9.64 Å². The molecule has 1 atom stereocenters. The molecule has 29 heavy (non-hydrogen) atoms. The smallest absolute Gasteiger partial charge is 0.251 e. The number of ether oxygens (including phenoxy) is 1. The van der Waals surface area contributed by atoms with E-state index in [0.29, 0.717) is 16.5 Å². The number of piperazine rings is 1. The van der Waals surface area contributed by atoms with Crippen molar-refractivity contribution >= 4 is 52.0 Å². The summed E-state index contributed by atoms with van der Waals surface area (Å²) in [5, 5.41) is 0.451. The van der Waals surface area contributed by atoms with Crippen LogP contribution in [-0.2, 0) is 16.1 Å². The first kappa shape index (κ1) is 20.6. The first-order valence-corrected chi connectivity index (χ1v) is 10.9. The lowest BCUT2D eigenvalue weighted by atomic mass is 10.1. The molecule has 0 N–H and O–H groups in total. The molecule has 0 spiro atoms. The summed E-state index contributed by atoms with van der Waals surface area (Å²) in [5.74, 6) is 0.0152. The van der Waals surface area contributed by atoms with Crippen molar-refractivity contribution in [3.05, 3.63) is 44.6 Å². The van der Waals surface area contributed by atoms with Gasteiger partial charge >= 0.3 is 0 Å². The van der Waals surface area contributed by atoms with Gasteiger partial charge in [-0.15, -0.1) is 11.3 Å². The maximum atomic E-state index is 13.1. The Morgan fingerprint density at radius 2 is 1.86 bits per heavy atom. The molecule has 1 aromatic carbocycles. The molecule has 2 aromatic rings. The predicted molar refractivity (Wildman–Crippen MR) is 115 cm³/mol. The summed E-state index contributed by atoms with van der Waals surface area (Å²) in [6, 6.07) is 8.47. The molecule has 0 bridgehead atoms. The van der Waals surface area contributed by atoms with E-state index in [0.717, 1.165) is 37.1 Å². The van der Waals surface area contributed by atoms with Crippen LogP contribution in [0.3, 0.4) is 0 Å². The first-order valence-electron chi connectivity index (χ1n) is 9.37. The SMILES string of the molecule is COc1ccc(Cl)cc1N1C(=O)C[C@@H](N2CCN(Cc3ccc(Cl)s3)CC2)C1=O. The molecule has 154 valence electrons. The van der Waals surface area contributed by atoms with Crippen molar-refractivity contribution in [2.75, 3.05) is 38.2 Å². The first-order chi connectivity index (χ1) is 14.0. The Hall–Kier alpha value is -1.64. The minimum absolute atomic E-state index is 0.176. The molecule has 9 heteroatoms. The van der Waals surface area contributed by atoms with Crippen molar-refractivity contribution in [1.29, 1.82) is 0 Å². The Bertz CT molecular complexity index is 927. The Labute approximate surface area is 183 Å². The van der Waals surface area contributed by atoms with Crippen LogP contribution in [0.15, 0.2) is 30.3 Å². The summed E-state index contributed by atoms with van der Waals surface area (Å²) in [7, 11) is 1.51. The average Bonchev–Trinajstić information content (AvgIpc) is 3.24. The number of imide groups is 1. The molecular formula is C20H21Cl2N3O3S. The quantitative estimate of drug-likeness (QED) is 0.648. The molecule has 2 aliphatic heterocycles. The van der Waals surface area contributed by atoms with Crippen LogP contribution in [0.4, 0.5) is 5.69 Å². The lowest BCUT2D eigenvalue weighted by molar-refractivity contribution is -0.123. The van der Waals surface area contributed by atoms with Gasteiger partial charge in [-0.3, -0.25) is 19.4 Å². The maximum absolute atomic E-state index is 13.1. The van der Waals surface area contributed by atoms with Crippen molar-refractivity contribution in [2.45, 2.75) is 19.0 Å². The van der Waals surface area contributed by atoms with Crippen LogP contribution in [0, 0.1) is 0 Å². The van der Waals surface area contributed by atoms with Gasteiger partial charge in [-0.2, -0.15) is 0 Å². The third-order valence-electron chi connectivity index (χ3n) is 5.36. The monoisotopic (exact) mass is 453 g/mol. The summed E-state index contributed by atoms with van der Waals surface area (Å²) in [6.07, 6.45) is 0.176. The van der Waals surface area contributed by atoms with E-state index in [1.54, 1.807) is 29.5 Å². The highest BCUT2D eigenvalue weighted by Gasteiger charge is 2.44. The molecule has 0 radical (unpaired) electrons. The van der Waals surface area contributed by atoms with Crippen molar-refractivity contribution in [2.24, 2.45) is 0 Å². The Balaban J connectivity index is 1.43. The van der Waals surface area contributed by atoms with E-state index < -0.39 is 6.04 Å². The summed E-state index contributed by atoms with van der Waals surface area (Å²) in [5.41, 5.74) is 0.408. The van der Waals surface area contributed by atoms with Crippen LogP contribution in [0.25, 0.3) is 0 Å². The number of benzene rings is 1. The highest BCUT2D eigenvalue weighted by atomic mass is 35.5. The third-order valence-corrected chi connectivity index (χ3v) is 6.81. The zero-order chi connectivity index (χ0) is 20.5. The van der Waals surface area contributed by atoms with Gasteiger partial charge in [0, 0.05) is 42.6 Å². The lowest BCUT2D eigenvalue weighted by Crippen LogP contribution is -2.52. The second-order valence-corrected chi connectivity index (χ2v) is 9.36. The number of rotatable bonds is 5. The van der Waals surface area contributed by atoms with Gasteiger partial charge in [0.1, 0.15) is 5.75 Å². The summed E-state index contributed by atoms with van der Waals surface area (Å²) in [4.78, 5) is 32.7. The number of carbonyl (C=O) groups excluding carboxylic acids is 2. The van der Waals surface area contributed by atoms with E-state index in [2.05, 4.69) is 15.9 Å². The number of hydrogen-bond donors (Lipinski definition) is 0. The van der Waals surface area contributed by atoms with E-state index in [4.69, 9.17) is 27.9 Å². The van der Waals surface area contributed by atoms with E-state index >= 15 is 0 Å². The van der Waals surface area contributed by atoms with Gasteiger partial charge in [-0.1, -0.05) is 23.2 Å². The molecule has 0 aliphatic carbocycles. The second-order valence-electron chi connectivity index (χ2n) is 7.12. The fraction of sp³-hybridized carbons (Fsp3) is 0.400. The minimum Gasteiger partial charge on any atom is -0.495 e. The lowest BCUT2D eigenvalue weighted by Gasteiger charge is -2.36. The molecule has 2 fully saturated rings. The standard InChI is InChI=1S/C20H21Cl2N3O3S/c1-28-17-4-2-13(21)10-15(17)25-19(26)11-16(20(25)27)24-8-6-23(7-9-24)12-14-3-5-18(22)29-14/h2-5,10,16H,6-9,11-12H2,1H3/t16-/m1/s1. The Morgan fingerprint density at radius 3 is 2.52 bits per heavy atom. The summed E-state index contributed by atoms with van der Waals surface area (Å²) in [6.45, 7) is 4.02. The molecule has 3 heterocycles. The highest BCUT2D eigenvalue weighted by molar-refractivity contribution is 7.16. The van der Waals surface area contributed by atoms with Crippen molar-refractivity contribution < 1.29 is 14.3 Å². The van der Waals surface area contributed by atoms with Crippen molar-refractivity contribution in [3.8, 4) is 5.75 Å². The van der Waals surface area contributed by atoms with E-state index in [-0.39, 0.29) is 18.2 Å². The number of nitrogens with zero attached hydrogens (tertiary/aromatic N) is 3. The number of anilines is 1. The maximum Gasteiger partial charge on any atom is 0.251 e. The molecule has 0 unspecified atom stereocenters. The molecule has 6 nitrogen and oxygen atoms in total. The Morgan fingerprint density at radius 1 is 1.10 bits per heavy atom. The van der Waals surface area contributed by atoms with Crippen LogP contribution in [-0.4, -0.2) is 60.9 Å². The summed E-state index contributed by atoms with van der Waals surface area (Å²) < 4.78 is 6.13. The number of hydrogen-bond acceptors (Lipinski definition) is 6. The third kappa shape index (κ3) is 4.29. The van der Waals surface area contributed by atoms with Gasteiger partial charge in [0.2, 0.25) is 5.91 Å². The van der Waals surface area contributed by atoms with Crippen LogP contribution in [0.1, 0.15) is 11.3 Å². The molecule has 4 rings (SSSR count). The van der Waals surface area contributed by atoms with Crippen molar-refractivity contribution in [3.63, 3.8) is 0 Å². The highest BCUT2D eigenvalue weighted by Crippen LogP contribution is 2.35. The summed E-state index contributed by atoms with van der Waals surface area (Å²) >= 11 is 13.7. The Kier molecular flexibility index (Phi) is 6.13. The number of methoxy groups -OCH3 is 1. The van der Waals surface area contributed by atoms with Gasteiger partial charge in [0.05, 0.1) is 29.6 Å². The van der Waals surface area contributed by atoms with Crippen molar-refractivity contribution in [1.82, 2.24) is 9.80 Å². The number of halogens is 2. The normalized spacial score (nSPS) is 21.2. The van der Waals surface area contributed by atoms with Gasteiger partial charge in [-0.25, -0.2) is 4.90 Å². The van der Waals surface area contributed by atoms with Crippen LogP contribution >= 0.6 is 34.5 Å². The molecule has 1 aromatic heterocycles. The molecule has 2 saturated heterocycles. The largest absolute Gasteiger partial charge is 0.495 e. The van der Waals surface area contributed by atoms with E-state index in [1.807, 2.05) is 6.07 Å². The number of thiophene rings is 1. The molecule has 2 amide bonds. The second kappa shape index (κ2) is 8.62. The van der Waals surface area contributed by atoms with Crippen LogP contribution in [0.5, 0.6) is 5.75 Å². The van der Waals surface area contributed by atoms with Gasteiger partial charge < -0.3 is 4.74 Å². The predicted octanol–water partition coefficient (Wildman–Crippen LogP) is 3.51. The molecule has 2 aliphatic rings. The zero-order valence-corrected chi connectivity index (χ0v) is 18.3. The average molecular weight is 454 g/mol. The van der Waals surface area contributed by atoms with Gasteiger partial charge in [0.15, 0.2) is 0 Å². The van der Waals surface area contributed by atoms with E-state index in [1.165, 1.54) is 16.9 Å². The number of carbonyl (C=O) groups is 2. The molecule has 0 saturated carbocycles. The number of amides is 2. The fourth-order valence-electron chi connectivity index (χ4n) is 3.88. The molecular weight excluding hydrogens is 433 g/mol. The van der Waals surface area contributed by atoms with Gasteiger partial charge in [-0.05, 0) is 30.3 Å². The van der Waals surface area contributed by atoms with E-state index in [9.17, 15) is 9.59 Å². The zero-order valence-electron chi connectivity index (χ0n) is 15.9. The fourth-order valence-corrected chi connectivity index (χ4v) is 5.18.